The second-order valence-corrected chi connectivity index (χ2v) is 10.4. The fraction of sp³-hybridized carbons (Fsp3) is 0.214. The largest absolute Gasteiger partial charge is 0.378 e. The van der Waals surface area contributed by atoms with E-state index >= 15 is 0 Å². The highest BCUT2D eigenvalue weighted by Crippen LogP contribution is 2.44. The smallest absolute Gasteiger partial charge is 0.174 e. The first kappa shape index (κ1) is 23.6. The first-order valence-corrected chi connectivity index (χ1v) is 12.8. The van der Waals surface area contributed by atoms with E-state index in [0.717, 1.165) is 27.2 Å². The number of hydrogen-bond donors (Lipinski definition) is 1. The van der Waals surface area contributed by atoms with Crippen LogP contribution in [0.2, 0.25) is 0 Å². The first-order valence-electron chi connectivity index (χ1n) is 11.6. The molecule has 0 amide bonds. The Labute approximate surface area is 220 Å². The summed E-state index contributed by atoms with van der Waals surface area (Å²) in [5, 5.41) is 4.28. The van der Waals surface area contributed by atoms with Gasteiger partial charge in [-0.25, -0.2) is 0 Å². The molecule has 1 aliphatic heterocycles. The standard InChI is InChI=1S/C28H28BrN5S/c1-18-16-24(19(2)33(18)23-9-7-8-20(29)17-23)27-26(25-10-5-6-15-30-25)31-28(35)34(27)22-13-11-21(12-14-22)32(3)4/h5-17,26-27H,1-4H3,(H,31,35)/t26-,27+/m1/s1. The number of aromatic nitrogens is 2. The molecule has 0 spiro atoms. The van der Waals surface area contributed by atoms with Gasteiger partial charge in [-0.2, -0.15) is 0 Å². The Bertz CT molecular complexity index is 1360. The summed E-state index contributed by atoms with van der Waals surface area (Å²) in [6.45, 7) is 4.34. The minimum absolute atomic E-state index is 0.0466. The van der Waals surface area contributed by atoms with E-state index < -0.39 is 0 Å². The zero-order valence-corrected chi connectivity index (χ0v) is 22.6. The van der Waals surface area contributed by atoms with Crippen molar-refractivity contribution in [2.75, 3.05) is 23.9 Å². The molecule has 2 aromatic heterocycles. The molecule has 0 aliphatic carbocycles. The van der Waals surface area contributed by atoms with E-state index in [1.54, 1.807) is 0 Å². The molecule has 7 heteroatoms. The topological polar surface area (TPSA) is 36.3 Å². The molecule has 4 aromatic rings. The maximum Gasteiger partial charge on any atom is 0.174 e. The molecule has 1 N–H and O–H groups in total. The predicted molar refractivity (Wildman–Crippen MR) is 152 cm³/mol. The van der Waals surface area contributed by atoms with Crippen molar-refractivity contribution in [3.63, 3.8) is 0 Å². The van der Waals surface area contributed by atoms with Crippen LogP contribution in [0.5, 0.6) is 0 Å². The predicted octanol–water partition coefficient (Wildman–Crippen LogP) is 6.49. The Morgan fingerprint density at radius 3 is 2.37 bits per heavy atom. The van der Waals surface area contributed by atoms with Crippen molar-refractivity contribution in [1.29, 1.82) is 0 Å². The number of nitrogens with zero attached hydrogens (tertiary/aromatic N) is 4. The quantitative estimate of drug-likeness (QED) is 0.290. The first-order chi connectivity index (χ1) is 16.8. The van der Waals surface area contributed by atoms with Gasteiger partial charge in [0.25, 0.3) is 0 Å². The lowest BCUT2D eigenvalue weighted by atomic mass is 9.96. The molecule has 0 saturated carbocycles. The average molecular weight is 547 g/mol. The molecule has 178 valence electrons. The summed E-state index contributed by atoms with van der Waals surface area (Å²) in [6.07, 6.45) is 1.84. The van der Waals surface area contributed by atoms with Crippen LogP contribution in [0.1, 0.15) is 34.7 Å². The van der Waals surface area contributed by atoms with Crippen LogP contribution in [-0.4, -0.2) is 28.8 Å². The minimum atomic E-state index is -0.0753. The minimum Gasteiger partial charge on any atom is -0.378 e. The molecule has 1 aliphatic rings. The highest BCUT2D eigenvalue weighted by molar-refractivity contribution is 9.10. The molecule has 3 heterocycles. The lowest BCUT2D eigenvalue weighted by molar-refractivity contribution is 0.565. The molecule has 35 heavy (non-hydrogen) atoms. The summed E-state index contributed by atoms with van der Waals surface area (Å²) >= 11 is 9.54. The van der Waals surface area contributed by atoms with Crippen molar-refractivity contribution in [2.45, 2.75) is 25.9 Å². The molecule has 5 nitrogen and oxygen atoms in total. The van der Waals surface area contributed by atoms with Crippen LogP contribution in [0.25, 0.3) is 5.69 Å². The Kier molecular flexibility index (Phi) is 6.38. The van der Waals surface area contributed by atoms with Crippen LogP contribution in [-0.2, 0) is 0 Å². The molecule has 1 fully saturated rings. The summed E-state index contributed by atoms with van der Waals surface area (Å²) in [6, 6.07) is 25.2. The third-order valence-corrected chi connectivity index (χ3v) is 7.41. The third-order valence-electron chi connectivity index (χ3n) is 6.60. The van der Waals surface area contributed by atoms with Crippen LogP contribution < -0.4 is 15.1 Å². The highest BCUT2D eigenvalue weighted by atomic mass is 79.9. The van der Waals surface area contributed by atoms with E-state index in [9.17, 15) is 0 Å². The lowest BCUT2D eigenvalue weighted by Crippen LogP contribution is -2.29. The maximum atomic E-state index is 5.92. The highest BCUT2D eigenvalue weighted by Gasteiger charge is 2.42. The van der Waals surface area contributed by atoms with Crippen molar-refractivity contribution in [3.8, 4) is 5.69 Å². The molecule has 2 aromatic carbocycles. The second kappa shape index (κ2) is 9.47. The lowest BCUT2D eigenvalue weighted by Gasteiger charge is -2.28. The van der Waals surface area contributed by atoms with Gasteiger partial charge in [-0.05, 0) is 92.3 Å². The molecule has 1 saturated heterocycles. The van der Waals surface area contributed by atoms with Crippen molar-refractivity contribution in [1.82, 2.24) is 14.9 Å². The summed E-state index contributed by atoms with van der Waals surface area (Å²) < 4.78 is 3.37. The van der Waals surface area contributed by atoms with Gasteiger partial charge in [-0.15, -0.1) is 0 Å². The molecular weight excluding hydrogens is 518 g/mol. The van der Waals surface area contributed by atoms with E-state index in [1.165, 1.54) is 17.0 Å². The number of pyridine rings is 1. The number of hydrogen-bond acceptors (Lipinski definition) is 3. The average Bonchev–Trinajstić information content (AvgIpc) is 3.34. The Balaban J connectivity index is 1.66. The molecule has 0 radical (unpaired) electrons. The van der Waals surface area contributed by atoms with Gasteiger partial charge in [0.1, 0.15) is 0 Å². The molecule has 0 bridgehead atoms. The van der Waals surface area contributed by atoms with Gasteiger partial charge in [0.15, 0.2) is 5.11 Å². The molecule has 2 atom stereocenters. The maximum absolute atomic E-state index is 5.92. The van der Waals surface area contributed by atoms with E-state index in [2.05, 4.69) is 104 Å². The monoisotopic (exact) mass is 545 g/mol. The fourth-order valence-electron chi connectivity index (χ4n) is 4.96. The van der Waals surface area contributed by atoms with Crippen molar-refractivity contribution >= 4 is 44.6 Å². The number of rotatable bonds is 5. The Hall–Kier alpha value is -3.16. The van der Waals surface area contributed by atoms with Gasteiger partial charge in [0, 0.05) is 53.2 Å². The molecule has 0 unspecified atom stereocenters. The van der Waals surface area contributed by atoms with Crippen LogP contribution >= 0.6 is 28.1 Å². The SMILES string of the molecule is Cc1cc([C@H]2[C@@H](c3ccccn3)NC(=S)N2c2ccc(N(C)C)cc2)c(C)n1-c1cccc(Br)c1. The number of aryl methyl sites for hydroxylation is 1. The third kappa shape index (κ3) is 4.34. The summed E-state index contributed by atoms with van der Waals surface area (Å²) in [7, 11) is 4.10. The van der Waals surface area contributed by atoms with Crippen LogP contribution in [0.3, 0.4) is 0 Å². The number of nitrogens with one attached hydrogen (secondary N) is 1. The zero-order chi connectivity index (χ0) is 24.7. The van der Waals surface area contributed by atoms with E-state index in [4.69, 9.17) is 17.2 Å². The van der Waals surface area contributed by atoms with Crippen molar-refractivity contribution < 1.29 is 0 Å². The number of anilines is 2. The number of benzene rings is 2. The normalized spacial score (nSPS) is 17.5. The van der Waals surface area contributed by atoms with Gasteiger partial charge in [0.2, 0.25) is 0 Å². The van der Waals surface area contributed by atoms with Gasteiger partial charge < -0.3 is 19.7 Å². The zero-order valence-electron chi connectivity index (χ0n) is 20.2. The van der Waals surface area contributed by atoms with Gasteiger partial charge >= 0.3 is 0 Å². The van der Waals surface area contributed by atoms with E-state index in [0.29, 0.717) is 5.11 Å². The number of thiocarbonyl (C=S) groups is 1. The van der Waals surface area contributed by atoms with Gasteiger partial charge in [0.05, 0.1) is 17.8 Å². The van der Waals surface area contributed by atoms with Gasteiger partial charge in [-0.1, -0.05) is 28.1 Å². The molecule has 5 rings (SSSR count). The van der Waals surface area contributed by atoms with Crippen LogP contribution in [0.4, 0.5) is 11.4 Å². The summed E-state index contributed by atoms with van der Waals surface area (Å²) in [5.74, 6) is 0. The van der Waals surface area contributed by atoms with Crippen LogP contribution in [0, 0.1) is 13.8 Å². The summed E-state index contributed by atoms with van der Waals surface area (Å²) in [4.78, 5) is 9.04. The summed E-state index contributed by atoms with van der Waals surface area (Å²) in [5.41, 5.74) is 7.90. The number of halogens is 1. The fourth-order valence-corrected chi connectivity index (χ4v) is 5.69. The van der Waals surface area contributed by atoms with Crippen LogP contribution in [0.15, 0.2) is 83.5 Å². The Morgan fingerprint density at radius 2 is 1.71 bits per heavy atom. The Morgan fingerprint density at radius 1 is 0.943 bits per heavy atom. The molecular formula is C28H28BrN5S. The van der Waals surface area contributed by atoms with E-state index in [-0.39, 0.29) is 12.1 Å². The van der Waals surface area contributed by atoms with Crippen molar-refractivity contribution in [2.24, 2.45) is 0 Å². The van der Waals surface area contributed by atoms with Crippen molar-refractivity contribution in [3.05, 3.63) is 106 Å². The van der Waals surface area contributed by atoms with E-state index in [1.807, 2.05) is 38.5 Å². The van der Waals surface area contributed by atoms with Gasteiger partial charge in [-0.3, -0.25) is 4.98 Å². The second-order valence-electron chi connectivity index (χ2n) is 9.05.